The largest absolute Gasteiger partial charge is 0.465 e. The number of carbonyl (C=O) groups is 2. The highest BCUT2D eigenvalue weighted by Crippen LogP contribution is 1.54. The Hall–Kier alpha value is -1.06. The lowest BCUT2D eigenvalue weighted by atomic mass is 10.6. The van der Waals surface area contributed by atoms with Crippen molar-refractivity contribution >= 4 is 11.9 Å². The third kappa shape index (κ3) is 65.1. The van der Waals surface area contributed by atoms with Crippen molar-refractivity contribution in [1.29, 1.82) is 0 Å². The van der Waals surface area contributed by atoms with Crippen LogP contribution in [0.5, 0.6) is 0 Å². The topological polar surface area (TPSA) is 66.4 Å². The lowest BCUT2D eigenvalue weighted by Gasteiger charge is -1.87. The molecule has 0 saturated heterocycles. The monoisotopic (exact) mass is 147 g/mol. The molecule has 0 aliphatic heterocycles. The second-order valence-corrected chi connectivity index (χ2v) is 1.74. The Morgan fingerprint density at radius 1 is 1.40 bits per heavy atom. The van der Waals surface area contributed by atoms with Gasteiger partial charge in [-0.15, -0.1) is 0 Å². The summed E-state index contributed by atoms with van der Waals surface area (Å²) in [6, 6.07) is 0. The quantitative estimate of drug-likeness (QED) is 0.578. The van der Waals surface area contributed by atoms with Gasteiger partial charge in [0.1, 0.15) is 5.78 Å². The molecule has 60 valence electrons. The third-order valence-corrected chi connectivity index (χ3v) is 0.328. The number of amides is 1. The van der Waals surface area contributed by atoms with Crippen LogP contribution >= 0.6 is 0 Å². The van der Waals surface area contributed by atoms with Crippen LogP contribution in [-0.2, 0) is 4.79 Å². The van der Waals surface area contributed by atoms with Gasteiger partial charge >= 0.3 is 6.09 Å². The molecule has 0 bridgehead atoms. The molecule has 0 radical (unpaired) electrons. The van der Waals surface area contributed by atoms with Crippen molar-refractivity contribution in [3.8, 4) is 0 Å². The lowest BCUT2D eigenvalue weighted by Crippen LogP contribution is -2.19. The second kappa shape index (κ2) is 7.94. The van der Waals surface area contributed by atoms with Crippen molar-refractivity contribution in [3.05, 3.63) is 0 Å². The Kier molecular flexibility index (Phi) is 9.29. The number of hydrogen-bond donors (Lipinski definition) is 2. The van der Waals surface area contributed by atoms with E-state index in [1.54, 1.807) is 6.92 Å². The zero-order valence-corrected chi connectivity index (χ0v) is 6.47. The average molecular weight is 147 g/mol. The predicted molar refractivity (Wildman–Crippen MR) is 38.1 cm³/mol. The lowest BCUT2D eigenvalue weighted by molar-refractivity contribution is -0.114. The molecular weight excluding hydrogens is 134 g/mol. The maximum Gasteiger partial charge on any atom is 0.404 e. The van der Waals surface area contributed by atoms with Crippen LogP contribution in [0.1, 0.15) is 20.8 Å². The first-order chi connectivity index (χ1) is 4.50. The summed E-state index contributed by atoms with van der Waals surface area (Å²) in [6.45, 7) is 5.27. The minimum absolute atomic E-state index is 0.167. The first-order valence-electron chi connectivity index (χ1n) is 2.94. The molecule has 4 heteroatoms. The smallest absolute Gasteiger partial charge is 0.404 e. The van der Waals surface area contributed by atoms with Crippen LogP contribution in [-0.4, -0.2) is 23.5 Å². The number of hydrogen-bond acceptors (Lipinski definition) is 2. The van der Waals surface area contributed by atoms with E-state index in [-0.39, 0.29) is 5.78 Å². The van der Waals surface area contributed by atoms with Crippen LogP contribution < -0.4 is 5.32 Å². The first kappa shape index (κ1) is 11.7. The zero-order chi connectivity index (χ0) is 8.57. The molecule has 0 atom stereocenters. The van der Waals surface area contributed by atoms with Gasteiger partial charge in [-0.1, -0.05) is 0 Å². The summed E-state index contributed by atoms with van der Waals surface area (Å²) < 4.78 is 0. The van der Waals surface area contributed by atoms with Crippen LogP contribution in [0.25, 0.3) is 0 Å². The maximum atomic E-state index is 9.49. The molecule has 0 fully saturated rings. The molecule has 0 aromatic rings. The molecular formula is C6H13NO3. The fraction of sp³-hybridized carbons (Fsp3) is 0.667. The standard InChI is InChI=1S/C3H7NO2.C3H6O/c1-2-4-3(5)6;1-3(2)4/h4H,2H2,1H3,(H,5,6);1-2H3. The molecule has 0 spiro atoms. The molecule has 1 amide bonds. The number of nitrogens with one attached hydrogen (secondary N) is 1. The summed E-state index contributed by atoms with van der Waals surface area (Å²) in [5.74, 6) is 0.167. The van der Waals surface area contributed by atoms with Crippen LogP contribution in [0.15, 0.2) is 0 Å². The molecule has 0 heterocycles. The van der Waals surface area contributed by atoms with Gasteiger partial charge in [0, 0.05) is 6.54 Å². The van der Waals surface area contributed by atoms with E-state index in [0.29, 0.717) is 6.54 Å². The van der Waals surface area contributed by atoms with Crippen LogP contribution in [0.3, 0.4) is 0 Å². The SMILES string of the molecule is CC(C)=O.CCNC(=O)O. The Labute approximate surface area is 60.2 Å². The van der Waals surface area contributed by atoms with Crippen molar-refractivity contribution in [2.75, 3.05) is 6.54 Å². The van der Waals surface area contributed by atoms with Crippen LogP contribution in [0.2, 0.25) is 0 Å². The van der Waals surface area contributed by atoms with Crippen LogP contribution in [0.4, 0.5) is 4.79 Å². The molecule has 10 heavy (non-hydrogen) atoms. The fourth-order valence-electron chi connectivity index (χ4n) is 0.151. The van der Waals surface area contributed by atoms with Gasteiger partial charge in [0.05, 0.1) is 0 Å². The van der Waals surface area contributed by atoms with E-state index in [9.17, 15) is 9.59 Å². The third-order valence-electron chi connectivity index (χ3n) is 0.328. The number of Topliss-reactive ketones (excluding diaryl/α,β-unsaturated/α-hetero) is 1. The van der Waals surface area contributed by atoms with Crippen LogP contribution in [0, 0.1) is 0 Å². The average Bonchev–Trinajstić information content (AvgIpc) is 1.62. The van der Waals surface area contributed by atoms with E-state index in [1.807, 2.05) is 0 Å². The van der Waals surface area contributed by atoms with Crippen molar-refractivity contribution in [2.45, 2.75) is 20.8 Å². The summed E-state index contributed by atoms with van der Waals surface area (Å²) in [5.41, 5.74) is 0. The van der Waals surface area contributed by atoms with E-state index in [2.05, 4.69) is 5.32 Å². The van der Waals surface area contributed by atoms with Gasteiger partial charge in [-0.2, -0.15) is 0 Å². The summed E-state index contributed by atoms with van der Waals surface area (Å²) in [7, 11) is 0. The molecule has 0 saturated carbocycles. The maximum absolute atomic E-state index is 9.49. The molecule has 4 nitrogen and oxygen atoms in total. The molecule has 0 aliphatic rings. The number of rotatable bonds is 1. The van der Waals surface area contributed by atoms with E-state index < -0.39 is 6.09 Å². The number of ketones is 1. The van der Waals surface area contributed by atoms with Gasteiger partial charge in [0.25, 0.3) is 0 Å². The Morgan fingerprint density at radius 2 is 1.70 bits per heavy atom. The minimum Gasteiger partial charge on any atom is -0.465 e. The Bertz CT molecular complexity index is 108. The minimum atomic E-state index is -0.961. The van der Waals surface area contributed by atoms with Crippen molar-refractivity contribution in [3.63, 3.8) is 0 Å². The summed E-state index contributed by atoms with van der Waals surface area (Å²) >= 11 is 0. The van der Waals surface area contributed by atoms with Crippen molar-refractivity contribution < 1.29 is 14.7 Å². The van der Waals surface area contributed by atoms with Gasteiger partial charge < -0.3 is 15.2 Å². The normalized spacial score (nSPS) is 7.10. The Morgan fingerprint density at radius 3 is 1.70 bits per heavy atom. The predicted octanol–water partition coefficient (Wildman–Crippen LogP) is 0.869. The summed E-state index contributed by atoms with van der Waals surface area (Å²) in [4.78, 5) is 18.9. The zero-order valence-electron chi connectivity index (χ0n) is 6.47. The van der Waals surface area contributed by atoms with Crippen molar-refractivity contribution in [2.24, 2.45) is 0 Å². The molecule has 0 aromatic heterocycles. The summed E-state index contributed by atoms with van der Waals surface area (Å²) in [5, 5.41) is 9.93. The fourth-order valence-corrected chi connectivity index (χ4v) is 0.151. The molecule has 0 rings (SSSR count). The first-order valence-corrected chi connectivity index (χ1v) is 2.94. The van der Waals surface area contributed by atoms with E-state index >= 15 is 0 Å². The Balaban J connectivity index is 0. The van der Waals surface area contributed by atoms with E-state index in [1.165, 1.54) is 13.8 Å². The molecule has 0 aromatic carbocycles. The highest BCUT2D eigenvalue weighted by molar-refractivity contribution is 5.72. The number of carboxylic acid groups (broad SMARTS) is 1. The van der Waals surface area contributed by atoms with E-state index in [4.69, 9.17) is 5.11 Å². The highest BCUT2D eigenvalue weighted by Gasteiger charge is 1.82. The molecule has 2 N–H and O–H groups in total. The van der Waals surface area contributed by atoms with Gasteiger partial charge in [0.15, 0.2) is 0 Å². The highest BCUT2D eigenvalue weighted by atomic mass is 16.4. The molecule has 0 unspecified atom stereocenters. The van der Waals surface area contributed by atoms with Gasteiger partial charge in [0.2, 0.25) is 0 Å². The van der Waals surface area contributed by atoms with E-state index in [0.717, 1.165) is 0 Å². The van der Waals surface area contributed by atoms with Gasteiger partial charge in [-0.3, -0.25) is 0 Å². The van der Waals surface area contributed by atoms with Gasteiger partial charge in [-0.25, -0.2) is 4.79 Å². The molecule has 0 aliphatic carbocycles. The summed E-state index contributed by atoms with van der Waals surface area (Å²) in [6.07, 6.45) is -0.961. The van der Waals surface area contributed by atoms with Gasteiger partial charge in [-0.05, 0) is 20.8 Å². The number of carbonyl (C=O) groups excluding carboxylic acids is 1. The van der Waals surface area contributed by atoms with Crippen molar-refractivity contribution in [1.82, 2.24) is 5.32 Å². The second-order valence-electron chi connectivity index (χ2n) is 1.74.